The summed E-state index contributed by atoms with van der Waals surface area (Å²) < 4.78 is 6.33. The van der Waals surface area contributed by atoms with Crippen LogP contribution in [0.3, 0.4) is 0 Å². The predicted molar refractivity (Wildman–Crippen MR) is 71.9 cm³/mol. The molecule has 0 saturated heterocycles. The first-order valence-corrected chi connectivity index (χ1v) is 6.15. The molecule has 0 aliphatic rings. The smallest absolute Gasteiger partial charge is 0.335 e. The maximum Gasteiger partial charge on any atom is 0.335 e. The number of hydrogen-bond donors (Lipinski definition) is 1. The van der Waals surface area contributed by atoms with E-state index in [0.717, 1.165) is 15.8 Å². The van der Waals surface area contributed by atoms with Crippen molar-refractivity contribution in [3.63, 3.8) is 0 Å². The van der Waals surface area contributed by atoms with Gasteiger partial charge in [0.1, 0.15) is 12.4 Å². The number of aromatic carboxylic acids is 1. The van der Waals surface area contributed by atoms with Crippen LogP contribution in [0.2, 0.25) is 0 Å². The van der Waals surface area contributed by atoms with Crippen molar-refractivity contribution in [3.05, 3.63) is 64.1 Å². The molecule has 2 rings (SSSR count). The normalized spacial score (nSPS) is 10.1. The molecule has 0 aromatic heterocycles. The van der Waals surface area contributed by atoms with Gasteiger partial charge in [-0.15, -0.1) is 0 Å². The van der Waals surface area contributed by atoms with E-state index in [2.05, 4.69) is 15.9 Å². The molecule has 0 amide bonds. The lowest BCUT2D eigenvalue weighted by molar-refractivity contribution is 0.0696. The van der Waals surface area contributed by atoms with Crippen molar-refractivity contribution in [2.75, 3.05) is 0 Å². The fourth-order valence-electron chi connectivity index (χ4n) is 1.48. The van der Waals surface area contributed by atoms with Gasteiger partial charge in [0.25, 0.3) is 0 Å². The SMILES string of the molecule is O=C(O)c1ccc(COc2ccccc2)c(Br)c1. The van der Waals surface area contributed by atoms with Gasteiger partial charge in [0.05, 0.1) is 5.56 Å². The molecule has 92 valence electrons. The van der Waals surface area contributed by atoms with Crippen molar-refractivity contribution < 1.29 is 14.6 Å². The Bertz CT molecular complexity index is 552. The summed E-state index contributed by atoms with van der Waals surface area (Å²) in [6.07, 6.45) is 0. The van der Waals surface area contributed by atoms with Crippen LogP contribution in [0, 0.1) is 0 Å². The topological polar surface area (TPSA) is 46.5 Å². The molecule has 0 heterocycles. The summed E-state index contributed by atoms with van der Waals surface area (Å²) in [6, 6.07) is 14.4. The minimum atomic E-state index is -0.939. The van der Waals surface area contributed by atoms with Gasteiger partial charge < -0.3 is 9.84 Å². The van der Waals surface area contributed by atoms with Crippen LogP contribution >= 0.6 is 15.9 Å². The summed E-state index contributed by atoms with van der Waals surface area (Å²) >= 11 is 3.35. The zero-order valence-corrected chi connectivity index (χ0v) is 11.1. The molecule has 0 unspecified atom stereocenters. The molecular weight excluding hydrogens is 296 g/mol. The number of ether oxygens (including phenoxy) is 1. The number of rotatable bonds is 4. The Hall–Kier alpha value is -1.81. The Kier molecular flexibility index (Phi) is 3.99. The number of carbonyl (C=O) groups is 1. The highest BCUT2D eigenvalue weighted by molar-refractivity contribution is 9.10. The minimum Gasteiger partial charge on any atom is -0.489 e. The standard InChI is InChI=1S/C14H11BrO3/c15-13-8-10(14(16)17)6-7-11(13)9-18-12-4-2-1-3-5-12/h1-8H,9H2,(H,16,17). The molecule has 0 saturated carbocycles. The number of carboxylic acid groups (broad SMARTS) is 1. The monoisotopic (exact) mass is 306 g/mol. The van der Waals surface area contributed by atoms with Crippen molar-refractivity contribution in [1.29, 1.82) is 0 Å². The molecule has 2 aromatic rings. The predicted octanol–water partition coefficient (Wildman–Crippen LogP) is 3.73. The Balaban J connectivity index is 2.08. The van der Waals surface area contributed by atoms with Crippen molar-refractivity contribution in [2.45, 2.75) is 6.61 Å². The highest BCUT2D eigenvalue weighted by Gasteiger charge is 2.07. The maximum atomic E-state index is 10.8. The second-order valence-electron chi connectivity index (χ2n) is 3.71. The molecule has 0 aliphatic heterocycles. The van der Waals surface area contributed by atoms with E-state index in [0.29, 0.717) is 6.61 Å². The van der Waals surface area contributed by atoms with Crippen LogP contribution in [0.5, 0.6) is 5.75 Å². The van der Waals surface area contributed by atoms with Gasteiger partial charge in [0.15, 0.2) is 0 Å². The number of carboxylic acids is 1. The quantitative estimate of drug-likeness (QED) is 0.936. The van der Waals surface area contributed by atoms with E-state index in [1.165, 1.54) is 0 Å². The van der Waals surface area contributed by atoms with E-state index in [1.807, 2.05) is 30.3 Å². The first-order valence-electron chi connectivity index (χ1n) is 5.36. The second kappa shape index (κ2) is 5.69. The largest absolute Gasteiger partial charge is 0.489 e. The van der Waals surface area contributed by atoms with E-state index in [9.17, 15) is 4.79 Å². The second-order valence-corrected chi connectivity index (χ2v) is 4.57. The third-order valence-electron chi connectivity index (χ3n) is 2.44. The molecule has 0 spiro atoms. The zero-order valence-electron chi connectivity index (χ0n) is 9.47. The van der Waals surface area contributed by atoms with Crippen LogP contribution in [-0.2, 0) is 6.61 Å². The van der Waals surface area contributed by atoms with E-state index in [4.69, 9.17) is 9.84 Å². The first kappa shape index (κ1) is 12.6. The fraction of sp³-hybridized carbons (Fsp3) is 0.0714. The van der Waals surface area contributed by atoms with E-state index in [-0.39, 0.29) is 5.56 Å². The molecule has 4 heteroatoms. The summed E-state index contributed by atoms with van der Waals surface area (Å²) in [6.45, 7) is 0.393. The van der Waals surface area contributed by atoms with Crippen LogP contribution in [0.4, 0.5) is 0 Å². The molecule has 0 aliphatic carbocycles. The highest BCUT2D eigenvalue weighted by Crippen LogP contribution is 2.21. The van der Waals surface area contributed by atoms with Gasteiger partial charge in [-0.2, -0.15) is 0 Å². The summed E-state index contributed by atoms with van der Waals surface area (Å²) in [7, 11) is 0. The Morgan fingerprint density at radius 3 is 2.50 bits per heavy atom. The molecule has 0 radical (unpaired) electrons. The molecule has 1 N–H and O–H groups in total. The van der Waals surface area contributed by atoms with Crippen LogP contribution < -0.4 is 4.74 Å². The van der Waals surface area contributed by atoms with Gasteiger partial charge >= 0.3 is 5.97 Å². The van der Waals surface area contributed by atoms with Crippen molar-refractivity contribution in [2.24, 2.45) is 0 Å². The number of benzene rings is 2. The molecule has 18 heavy (non-hydrogen) atoms. The first-order chi connectivity index (χ1) is 8.66. The van der Waals surface area contributed by atoms with E-state index in [1.54, 1.807) is 18.2 Å². The Morgan fingerprint density at radius 2 is 1.89 bits per heavy atom. The molecule has 0 bridgehead atoms. The van der Waals surface area contributed by atoms with E-state index < -0.39 is 5.97 Å². The Labute approximate surface area is 113 Å². The summed E-state index contributed by atoms with van der Waals surface area (Å²) in [4.78, 5) is 10.8. The van der Waals surface area contributed by atoms with Gasteiger partial charge in [0.2, 0.25) is 0 Å². The average Bonchev–Trinajstić information content (AvgIpc) is 2.38. The fourth-order valence-corrected chi connectivity index (χ4v) is 1.97. The minimum absolute atomic E-state index is 0.255. The molecule has 2 aromatic carbocycles. The zero-order chi connectivity index (χ0) is 13.0. The van der Waals surface area contributed by atoms with Gasteiger partial charge in [0, 0.05) is 10.0 Å². The molecule has 3 nitrogen and oxygen atoms in total. The van der Waals surface area contributed by atoms with Crippen molar-refractivity contribution in [1.82, 2.24) is 0 Å². The Morgan fingerprint density at radius 1 is 1.17 bits per heavy atom. The lowest BCUT2D eigenvalue weighted by Gasteiger charge is -2.08. The average molecular weight is 307 g/mol. The third-order valence-corrected chi connectivity index (χ3v) is 3.18. The number of halogens is 1. The van der Waals surface area contributed by atoms with Crippen molar-refractivity contribution >= 4 is 21.9 Å². The summed E-state index contributed by atoms with van der Waals surface area (Å²) in [5.74, 6) is -0.155. The lowest BCUT2D eigenvalue weighted by atomic mass is 10.1. The molecule has 0 atom stereocenters. The van der Waals surface area contributed by atoms with Crippen molar-refractivity contribution in [3.8, 4) is 5.75 Å². The summed E-state index contributed by atoms with van der Waals surface area (Å²) in [5.41, 5.74) is 1.16. The van der Waals surface area contributed by atoms with Gasteiger partial charge in [-0.3, -0.25) is 0 Å². The molecule has 0 fully saturated rings. The van der Waals surface area contributed by atoms with Gasteiger partial charge in [-0.25, -0.2) is 4.79 Å². The number of para-hydroxylation sites is 1. The van der Waals surface area contributed by atoms with Crippen LogP contribution in [0.25, 0.3) is 0 Å². The highest BCUT2D eigenvalue weighted by atomic mass is 79.9. The van der Waals surface area contributed by atoms with Crippen LogP contribution in [0.15, 0.2) is 53.0 Å². The third kappa shape index (κ3) is 3.11. The van der Waals surface area contributed by atoms with E-state index >= 15 is 0 Å². The van der Waals surface area contributed by atoms with Crippen LogP contribution in [-0.4, -0.2) is 11.1 Å². The maximum absolute atomic E-state index is 10.8. The lowest BCUT2D eigenvalue weighted by Crippen LogP contribution is -2.00. The van der Waals surface area contributed by atoms with Gasteiger partial charge in [-0.1, -0.05) is 40.2 Å². The summed E-state index contributed by atoms with van der Waals surface area (Å²) in [5, 5.41) is 8.86. The number of hydrogen-bond acceptors (Lipinski definition) is 2. The van der Waals surface area contributed by atoms with Crippen LogP contribution in [0.1, 0.15) is 15.9 Å². The molecular formula is C14H11BrO3. The van der Waals surface area contributed by atoms with Gasteiger partial charge in [-0.05, 0) is 24.3 Å².